The Morgan fingerprint density at radius 3 is 2.76 bits per heavy atom. The van der Waals surface area contributed by atoms with Crippen LogP contribution in [0.1, 0.15) is 5.82 Å². The molecular weight excluding hydrogens is 244 g/mol. The van der Waals surface area contributed by atoms with Crippen molar-refractivity contribution in [1.29, 1.82) is 0 Å². The summed E-state index contributed by atoms with van der Waals surface area (Å²) in [7, 11) is 0. The maximum Gasteiger partial charge on any atom is 0.293 e. The van der Waals surface area contributed by atoms with Gasteiger partial charge < -0.3 is 10.3 Å². The second-order valence-electron chi connectivity index (χ2n) is 3.46. The zero-order valence-corrected chi connectivity index (χ0v) is 9.68. The van der Waals surface area contributed by atoms with Crippen LogP contribution in [0.15, 0.2) is 24.5 Å². The van der Waals surface area contributed by atoms with Crippen LogP contribution in [0, 0.1) is 17.0 Å². The third kappa shape index (κ3) is 1.94. The molecule has 0 aliphatic heterocycles. The fraction of sp³-hybridized carbons (Fsp3) is 0.100. The summed E-state index contributed by atoms with van der Waals surface area (Å²) in [5.74, 6) is 0.722. The Morgan fingerprint density at radius 2 is 2.24 bits per heavy atom. The average molecular weight is 253 g/mol. The second-order valence-corrected chi connectivity index (χ2v) is 3.87. The summed E-state index contributed by atoms with van der Waals surface area (Å²) in [5, 5.41) is 10.9. The van der Waals surface area contributed by atoms with Crippen molar-refractivity contribution in [3.05, 3.63) is 45.5 Å². The lowest BCUT2D eigenvalue weighted by atomic mass is 10.2. The fourth-order valence-corrected chi connectivity index (χ4v) is 1.79. The van der Waals surface area contributed by atoms with E-state index in [1.807, 2.05) is 0 Å². The number of hydrogen-bond acceptors (Lipinski definition) is 4. The zero-order valence-electron chi connectivity index (χ0n) is 8.92. The maximum atomic E-state index is 10.7. The number of nitrogens with zero attached hydrogens (tertiary/aromatic N) is 3. The van der Waals surface area contributed by atoms with E-state index < -0.39 is 4.92 Å². The van der Waals surface area contributed by atoms with Crippen molar-refractivity contribution in [3.63, 3.8) is 0 Å². The number of nitrogen functional groups attached to an aromatic ring is 1. The number of halogens is 1. The molecule has 0 unspecified atom stereocenters. The molecule has 88 valence electrons. The van der Waals surface area contributed by atoms with Gasteiger partial charge in [-0.3, -0.25) is 10.1 Å². The first-order valence-corrected chi connectivity index (χ1v) is 5.12. The van der Waals surface area contributed by atoms with Crippen molar-refractivity contribution in [2.75, 3.05) is 5.73 Å². The Morgan fingerprint density at radius 1 is 1.53 bits per heavy atom. The Bertz CT molecular complexity index is 594. The summed E-state index contributed by atoms with van der Waals surface area (Å²) >= 11 is 6.00. The fourth-order valence-electron chi connectivity index (χ4n) is 1.54. The molecular formula is C10H9ClN4O2. The topological polar surface area (TPSA) is 87.0 Å². The molecule has 0 bridgehead atoms. The van der Waals surface area contributed by atoms with E-state index in [2.05, 4.69) is 4.98 Å². The van der Waals surface area contributed by atoms with Crippen LogP contribution in [0.4, 0.5) is 11.4 Å². The largest absolute Gasteiger partial charge is 0.393 e. The van der Waals surface area contributed by atoms with Crippen LogP contribution >= 0.6 is 11.6 Å². The summed E-state index contributed by atoms with van der Waals surface area (Å²) < 4.78 is 1.71. The molecule has 1 aromatic carbocycles. The van der Waals surface area contributed by atoms with Crippen LogP contribution < -0.4 is 5.73 Å². The van der Waals surface area contributed by atoms with Gasteiger partial charge in [-0.1, -0.05) is 11.6 Å². The average Bonchev–Trinajstić information content (AvgIpc) is 2.67. The van der Waals surface area contributed by atoms with Gasteiger partial charge in [0, 0.05) is 18.5 Å². The molecule has 0 radical (unpaired) electrons. The summed E-state index contributed by atoms with van der Waals surface area (Å²) in [4.78, 5) is 14.2. The second kappa shape index (κ2) is 4.06. The summed E-state index contributed by atoms with van der Waals surface area (Å²) in [5.41, 5.74) is 6.06. The lowest BCUT2D eigenvalue weighted by Crippen LogP contribution is -2.01. The monoisotopic (exact) mass is 252 g/mol. The smallest absolute Gasteiger partial charge is 0.293 e. The predicted octanol–water partition coefficient (Wildman–Crippen LogP) is 2.32. The van der Waals surface area contributed by atoms with E-state index in [4.69, 9.17) is 17.3 Å². The maximum absolute atomic E-state index is 10.7. The van der Waals surface area contributed by atoms with Gasteiger partial charge in [-0.2, -0.15) is 0 Å². The summed E-state index contributed by atoms with van der Waals surface area (Å²) in [6.07, 6.45) is 3.32. The molecule has 0 aliphatic carbocycles. The first-order valence-electron chi connectivity index (χ1n) is 4.74. The van der Waals surface area contributed by atoms with Crippen LogP contribution in [0.2, 0.25) is 5.02 Å². The molecule has 0 amide bonds. The van der Waals surface area contributed by atoms with Crippen LogP contribution in [0.25, 0.3) is 5.69 Å². The minimum atomic E-state index is -0.564. The molecule has 2 rings (SSSR count). The van der Waals surface area contributed by atoms with E-state index in [9.17, 15) is 10.1 Å². The number of nitrogens with two attached hydrogens (primary N) is 1. The highest BCUT2D eigenvalue weighted by atomic mass is 35.5. The van der Waals surface area contributed by atoms with Crippen LogP contribution in [-0.2, 0) is 0 Å². The van der Waals surface area contributed by atoms with Gasteiger partial charge in [0.2, 0.25) is 0 Å². The Hall–Kier alpha value is -2.08. The van der Waals surface area contributed by atoms with Gasteiger partial charge in [-0.15, -0.1) is 0 Å². The van der Waals surface area contributed by atoms with E-state index in [1.54, 1.807) is 23.9 Å². The van der Waals surface area contributed by atoms with Gasteiger partial charge in [0.15, 0.2) is 0 Å². The van der Waals surface area contributed by atoms with Gasteiger partial charge in [0.25, 0.3) is 5.69 Å². The predicted molar refractivity (Wildman–Crippen MR) is 64.4 cm³/mol. The first kappa shape index (κ1) is 11.4. The molecule has 2 N–H and O–H groups in total. The molecule has 2 aromatic rings. The Balaban J connectivity index is 2.62. The normalized spacial score (nSPS) is 10.5. The highest BCUT2D eigenvalue weighted by Crippen LogP contribution is 2.31. The first-order chi connectivity index (χ1) is 8.00. The molecule has 0 atom stereocenters. The van der Waals surface area contributed by atoms with E-state index in [0.717, 1.165) is 5.82 Å². The summed E-state index contributed by atoms with van der Waals surface area (Å²) in [6.45, 7) is 1.80. The molecule has 0 fully saturated rings. The van der Waals surface area contributed by atoms with Crippen molar-refractivity contribution in [2.45, 2.75) is 6.92 Å². The molecule has 6 nitrogen and oxygen atoms in total. The highest BCUT2D eigenvalue weighted by molar-refractivity contribution is 6.32. The van der Waals surface area contributed by atoms with Gasteiger partial charge in [0.05, 0.1) is 15.6 Å². The number of anilines is 1. The number of rotatable bonds is 2. The Kier molecular flexibility index (Phi) is 2.72. The molecule has 7 heteroatoms. The zero-order chi connectivity index (χ0) is 12.6. The third-order valence-electron chi connectivity index (χ3n) is 2.38. The lowest BCUT2D eigenvalue weighted by Gasteiger charge is -2.08. The number of nitro benzene ring substituents is 1. The Labute approximate surface area is 102 Å². The molecule has 0 saturated carbocycles. The van der Waals surface area contributed by atoms with Gasteiger partial charge in [0.1, 0.15) is 11.5 Å². The standard InChI is InChI=1S/C10H9ClN4O2/c1-6-13-2-3-14(6)9-5-8(12)10(15(16)17)4-7(9)11/h2-5H,12H2,1H3. The molecule has 0 aliphatic rings. The quantitative estimate of drug-likeness (QED) is 0.505. The van der Waals surface area contributed by atoms with Crippen molar-refractivity contribution in [3.8, 4) is 5.69 Å². The van der Waals surface area contributed by atoms with E-state index in [0.29, 0.717) is 5.69 Å². The van der Waals surface area contributed by atoms with Crippen molar-refractivity contribution >= 4 is 23.0 Å². The van der Waals surface area contributed by atoms with Crippen molar-refractivity contribution in [1.82, 2.24) is 9.55 Å². The van der Waals surface area contributed by atoms with E-state index in [-0.39, 0.29) is 16.4 Å². The van der Waals surface area contributed by atoms with Crippen LogP contribution in [0.5, 0.6) is 0 Å². The van der Waals surface area contributed by atoms with Gasteiger partial charge in [-0.25, -0.2) is 4.98 Å². The number of aryl methyl sites for hydroxylation is 1. The van der Waals surface area contributed by atoms with Crippen LogP contribution in [0.3, 0.4) is 0 Å². The van der Waals surface area contributed by atoms with Gasteiger partial charge in [-0.05, 0) is 13.0 Å². The number of hydrogen-bond donors (Lipinski definition) is 1. The number of benzene rings is 1. The molecule has 1 aromatic heterocycles. The number of imidazole rings is 1. The van der Waals surface area contributed by atoms with Crippen LogP contribution in [-0.4, -0.2) is 14.5 Å². The molecule has 0 spiro atoms. The minimum absolute atomic E-state index is 0.0718. The third-order valence-corrected chi connectivity index (χ3v) is 2.68. The van der Waals surface area contributed by atoms with Gasteiger partial charge >= 0.3 is 0 Å². The van der Waals surface area contributed by atoms with Crippen molar-refractivity contribution in [2.24, 2.45) is 0 Å². The number of aromatic nitrogens is 2. The lowest BCUT2D eigenvalue weighted by molar-refractivity contribution is -0.383. The molecule has 17 heavy (non-hydrogen) atoms. The van der Waals surface area contributed by atoms with E-state index in [1.165, 1.54) is 12.1 Å². The number of nitro groups is 1. The minimum Gasteiger partial charge on any atom is -0.393 e. The van der Waals surface area contributed by atoms with Crippen molar-refractivity contribution < 1.29 is 4.92 Å². The highest BCUT2D eigenvalue weighted by Gasteiger charge is 2.16. The SMILES string of the molecule is Cc1nccn1-c1cc(N)c([N+](=O)[O-])cc1Cl. The molecule has 1 heterocycles. The summed E-state index contributed by atoms with van der Waals surface area (Å²) in [6, 6.07) is 2.71. The van der Waals surface area contributed by atoms with E-state index >= 15 is 0 Å². The molecule has 0 saturated heterocycles.